The number of nitrogens with zero attached hydrogens (tertiary/aromatic N) is 3. The fourth-order valence-electron chi connectivity index (χ4n) is 3.92. The summed E-state index contributed by atoms with van der Waals surface area (Å²) in [4.78, 5) is 2.54. The summed E-state index contributed by atoms with van der Waals surface area (Å²) in [5.41, 5.74) is 10.4. The van der Waals surface area contributed by atoms with Gasteiger partial charge in [0, 0.05) is 42.9 Å². The lowest BCUT2D eigenvalue weighted by Gasteiger charge is -2.42. The zero-order valence-corrected chi connectivity index (χ0v) is 18.2. The van der Waals surface area contributed by atoms with E-state index in [9.17, 15) is 0 Å². The van der Waals surface area contributed by atoms with Crippen LogP contribution in [0.2, 0.25) is 0 Å². The standard InChI is InChI=1S/C22H34N4.ClH/c1-21(2,3)20-18(14-25-12-11-19(23)22(4,5)16-25)15-26(24-20)13-17-9-7-6-8-10-17;/h6-10,15,19H,11-14,16,23H2,1-5H3;1H. The number of likely N-dealkylation sites (tertiary alicyclic amines) is 1. The minimum absolute atomic E-state index is 0. The number of hydrogen-bond acceptors (Lipinski definition) is 3. The summed E-state index contributed by atoms with van der Waals surface area (Å²) >= 11 is 0. The fourth-order valence-corrected chi connectivity index (χ4v) is 3.92. The van der Waals surface area contributed by atoms with E-state index in [1.807, 2.05) is 0 Å². The topological polar surface area (TPSA) is 47.1 Å². The minimum Gasteiger partial charge on any atom is -0.327 e. The molecule has 1 aromatic carbocycles. The number of piperidine rings is 1. The number of nitrogens with two attached hydrogens (primary N) is 1. The van der Waals surface area contributed by atoms with Gasteiger partial charge in [-0.15, -0.1) is 12.4 Å². The second kappa shape index (κ2) is 8.34. The summed E-state index contributed by atoms with van der Waals surface area (Å²) < 4.78 is 2.10. The van der Waals surface area contributed by atoms with Crippen molar-refractivity contribution in [2.24, 2.45) is 11.1 Å². The van der Waals surface area contributed by atoms with E-state index in [0.29, 0.717) is 6.04 Å². The third kappa shape index (κ3) is 5.34. The summed E-state index contributed by atoms with van der Waals surface area (Å²) in [6, 6.07) is 10.8. The van der Waals surface area contributed by atoms with Crippen LogP contribution in [0, 0.1) is 5.41 Å². The molecule has 1 fully saturated rings. The molecule has 4 nitrogen and oxygen atoms in total. The Morgan fingerprint density at radius 1 is 1.15 bits per heavy atom. The van der Waals surface area contributed by atoms with E-state index in [2.05, 4.69) is 80.7 Å². The molecule has 2 heterocycles. The fraction of sp³-hybridized carbons (Fsp3) is 0.591. The Bertz CT molecular complexity index is 731. The Morgan fingerprint density at radius 2 is 1.81 bits per heavy atom. The van der Waals surface area contributed by atoms with Crippen LogP contribution in [0.3, 0.4) is 0 Å². The highest BCUT2D eigenvalue weighted by molar-refractivity contribution is 5.85. The Morgan fingerprint density at radius 3 is 2.41 bits per heavy atom. The van der Waals surface area contributed by atoms with Crippen molar-refractivity contribution in [2.75, 3.05) is 13.1 Å². The molecule has 0 spiro atoms. The Labute approximate surface area is 170 Å². The maximum absolute atomic E-state index is 6.31. The first-order valence-electron chi connectivity index (χ1n) is 9.74. The quantitative estimate of drug-likeness (QED) is 0.850. The van der Waals surface area contributed by atoms with Gasteiger partial charge in [0.1, 0.15) is 0 Å². The molecule has 3 rings (SSSR count). The number of benzene rings is 1. The number of aromatic nitrogens is 2. The highest BCUT2D eigenvalue weighted by Crippen LogP contribution is 2.31. The van der Waals surface area contributed by atoms with Crippen LogP contribution in [0.1, 0.15) is 57.9 Å². The maximum atomic E-state index is 6.31. The van der Waals surface area contributed by atoms with Crippen molar-refractivity contribution in [1.82, 2.24) is 14.7 Å². The average molecular weight is 391 g/mol. The molecule has 1 atom stereocenters. The second-order valence-corrected chi connectivity index (χ2v) is 9.53. The first kappa shape index (κ1) is 21.9. The Balaban J connectivity index is 0.00000261. The van der Waals surface area contributed by atoms with Crippen LogP contribution in [0.5, 0.6) is 0 Å². The van der Waals surface area contributed by atoms with Crippen molar-refractivity contribution < 1.29 is 0 Å². The van der Waals surface area contributed by atoms with Gasteiger partial charge in [0.15, 0.2) is 0 Å². The summed E-state index contributed by atoms with van der Waals surface area (Å²) in [6.07, 6.45) is 3.31. The van der Waals surface area contributed by atoms with Gasteiger partial charge in [0.2, 0.25) is 0 Å². The van der Waals surface area contributed by atoms with Crippen molar-refractivity contribution in [3.05, 3.63) is 53.3 Å². The Kier molecular flexibility index (Phi) is 6.77. The van der Waals surface area contributed by atoms with Crippen molar-refractivity contribution >= 4 is 12.4 Å². The largest absolute Gasteiger partial charge is 0.327 e. The van der Waals surface area contributed by atoms with Crippen LogP contribution in [-0.4, -0.2) is 33.8 Å². The van der Waals surface area contributed by atoms with E-state index in [4.69, 9.17) is 10.8 Å². The van der Waals surface area contributed by atoms with Gasteiger partial charge in [-0.25, -0.2) is 0 Å². The third-order valence-electron chi connectivity index (χ3n) is 5.52. The zero-order valence-electron chi connectivity index (χ0n) is 17.4. The van der Waals surface area contributed by atoms with Gasteiger partial charge in [-0.05, 0) is 17.4 Å². The van der Waals surface area contributed by atoms with E-state index in [-0.39, 0.29) is 23.2 Å². The van der Waals surface area contributed by atoms with E-state index in [1.54, 1.807) is 0 Å². The molecule has 0 aliphatic carbocycles. The van der Waals surface area contributed by atoms with Crippen molar-refractivity contribution in [2.45, 2.75) is 65.6 Å². The predicted octanol–water partition coefficient (Wildman–Crippen LogP) is 4.21. The molecule has 1 aromatic heterocycles. The summed E-state index contributed by atoms with van der Waals surface area (Å²) in [7, 11) is 0. The minimum atomic E-state index is 0. The Hall–Kier alpha value is -1.36. The van der Waals surface area contributed by atoms with E-state index in [0.717, 1.165) is 32.6 Å². The molecule has 5 heteroatoms. The van der Waals surface area contributed by atoms with Crippen LogP contribution < -0.4 is 5.73 Å². The summed E-state index contributed by atoms with van der Waals surface area (Å²) in [5, 5.41) is 4.96. The molecule has 1 unspecified atom stereocenters. The van der Waals surface area contributed by atoms with Crippen molar-refractivity contribution in [3.8, 4) is 0 Å². The molecule has 27 heavy (non-hydrogen) atoms. The van der Waals surface area contributed by atoms with E-state index >= 15 is 0 Å². The zero-order chi connectivity index (χ0) is 18.9. The highest BCUT2D eigenvalue weighted by Gasteiger charge is 2.34. The summed E-state index contributed by atoms with van der Waals surface area (Å²) in [5.74, 6) is 0. The number of hydrogen-bond donors (Lipinski definition) is 1. The van der Waals surface area contributed by atoms with Gasteiger partial charge in [-0.1, -0.05) is 65.0 Å². The van der Waals surface area contributed by atoms with Crippen LogP contribution in [0.4, 0.5) is 0 Å². The molecule has 0 bridgehead atoms. The molecule has 150 valence electrons. The SMILES string of the molecule is CC(C)(C)c1nn(Cc2ccccc2)cc1CN1CCC(N)C(C)(C)C1.Cl. The molecule has 0 amide bonds. The maximum Gasteiger partial charge on any atom is 0.0723 e. The van der Waals surface area contributed by atoms with Gasteiger partial charge in [-0.3, -0.25) is 9.58 Å². The van der Waals surface area contributed by atoms with Crippen LogP contribution in [0.25, 0.3) is 0 Å². The molecule has 1 aliphatic heterocycles. The first-order chi connectivity index (χ1) is 12.1. The molecular formula is C22H35ClN4. The molecule has 1 saturated heterocycles. The van der Waals surface area contributed by atoms with Gasteiger partial charge < -0.3 is 5.73 Å². The van der Waals surface area contributed by atoms with Crippen LogP contribution >= 0.6 is 12.4 Å². The van der Waals surface area contributed by atoms with Gasteiger partial charge in [0.05, 0.1) is 12.2 Å². The normalized spacial score (nSPS) is 20.3. The van der Waals surface area contributed by atoms with E-state index in [1.165, 1.54) is 16.8 Å². The molecule has 2 N–H and O–H groups in total. The highest BCUT2D eigenvalue weighted by atomic mass is 35.5. The van der Waals surface area contributed by atoms with Gasteiger partial charge in [0.25, 0.3) is 0 Å². The molecule has 0 radical (unpaired) electrons. The molecule has 0 saturated carbocycles. The third-order valence-corrected chi connectivity index (χ3v) is 5.52. The lowest BCUT2D eigenvalue weighted by Crippen LogP contribution is -2.52. The molecule has 2 aromatic rings. The first-order valence-corrected chi connectivity index (χ1v) is 9.74. The molecule has 1 aliphatic rings. The van der Waals surface area contributed by atoms with Crippen LogP contribution in [-0.2, 0) is 18.5 Å². The van der Waals surface area contributed by atoms with E-state index < -0.39 is 0 Å². The van der Waals surface area contributed by atoms with Gasteiger partial charge in [-0.2, -0.15) is 5.10 Å². The smallest absolute Gasteiger partial charge is 0.0723 e. The van der Waals surface area contributed by atoms with Crippen LogP contribution in [0.15, 0.2) is 36.5 Å². The van der Waals surface area contributed by atoms with Gasteiger partial charge >= 0.3 is 0 Å². The second-order valence-electron chi connectivity index (χ2n) is 9.53. The molecular weight excluding hydrogens is 356 g/mol. The monoisotopic (exact) mass is 390 g/mol. The lowest BCUT2D eigenvalue weighted by molar-refractivity contribution is 0.0894. The van der Waals surface area contributed by atoms with Crippen molar-refractivity contribution in [3.63, 3.8) is 0 Å². The summed E-state index contributed by atoms with van der Waals surface area (Å²) in [6.45, 7) is 15.2. The predicted molar refractivity (Wildman–Crippen MR) is 115 cm³/mol. The number of rotatable bonds is 4. The number of halogens is 1. The van der Waals surface area contributed by atoms with Crippen molar-refractivity contribution in [1.29, 1.82) is 0 Å². The average Bonchev–Trinajstić information content (AvgIpc) is 2.94. The lowest BCUT2D eigenvalue weighted by atomic mass is 9.79.